The Morgan fingerprint density at radius 2 is 2.67 bits per heavy atom. The Morgan fingerprint density at radius 1 is 1.73 bits per heavy atom. The van der Waals surface area contributed by atoms with E-state index < -0.39 is 0 Å². The van der Waals surface area contributed by atoms with Crippen molar-refractivity contribution in [3.63, 3.8) is 0 Å². The Kier molecular flexibility index (Phi) is 3.69. The van der Waals surface area contributed by atoms with Crippen molar-refractivity contribution >= 4 is 17.2 Å². The minimum atomic E-state index is -0.0535. The molecule has 4 nitrogen and oxygen atoms in total. The molecule has 1 fully saturated rings. The highest BCUT2D eigenvalue weighted by atomic mass is 32.1. The molecule has 0 spiro atoms. The normalized spacial score (nSPS) is 20.4. The lowest BCUT2D eigenvalue weighted by Gasteiger charge is -2.08. The van der Waals surface area contributed by atoms with Crippen molar-refractivity contribution < 1.29 is 4.79 Å². The molecule has 0 bridgehead atoms. The van der Waals surface area contributed by atoms with Gasteiger partial charge in [0.2, 0.25) is 0 Å². The smallest absolute Gasteiger partial charge is 0.270 e. The largest absolute Gasteiger partial charge is 0.351 e. The predicted molar refractivity (Wildman–Crippen MR) is 60.0 cm³/mol. The lowest BCUT2D eigenvalue weighted by Crippen LogP contribution is -2.26. The quantitative estimate of drug-likeness (QED) is 0.799. The van der Waals surface area contributed by atoms with Gasteiger partial charge in [0.05, 0.1) is 5.51 Å². The summed E-state index contributed by atoms with van der Waals surface area (Å²) in [5.74, 6) is 0.669. The topological polar surface area (TPSA) is 54.0 Å². The second-order valence-corrected chi connectivity index (χ2v) is 4.50. The van der Waals surface area contributed by atoms with Crippen LogP contribution in [0.25, 0.3) is 0 Å². The molecule has 2 heterocycles. The molecule has 0 aliphatic carbocycles. The highest BCUT2D eigenvalue weighted by Crippen LogP contribution is 2.10. The molecule has 0 saturated carbocycles. The summed E-state index contributed by atoms with van der Waals surface area (Å²) in [6.45, 7) is 2.96. The van der Waals surface area contributed by atoms with E-state index in [0.717, 1.165) is 32.0 Å². The third-order valence-corrected chi connectivity index (χ3v) is 3.25. The SMILES string of the molecule is O=C(NCCC1CCNC1)c1cscn1. The van der Waals surface area contributed by atoms with E-state index in [0.29, 0.717) is 5.69 Å². The van der Waals surface area contributed by atoms with Crippen LogP contribution in [0.2, 0.25) is 0 Å². The molecule has 1 aliphatic heterocycles. The van der Waals surface area contributed by atoms with Crippen LogP contribution in [-0.4, -0.2) is 30.5 Å². The molecule has 0 aromatic carbocycles. The van der Waals surface area contributed by atoms with Crippen LogP contribution in [0.1, 0.15) is 23.3 Å². The summed E-state index contributed by atoms with van der Waals surface area (Å²) in [5, 5.41) is 7.97. The standard InChI is InChI=1S/C10H15N3OS/c14-10(9-6-15-7-13-9)12-4-2-8-1-3-11-5-8/h6-8,11H,1-5H2,(H,12,14). The summed E-state index contributed by atoms with van der Waals surface area (Å²) in [4.78, 5) is 15.5. The second kappa shape index (κ2) is 5.23. The van der Waals surface area contributed by atoms with E-state index in [4.69, 9.17) is 0 Å². The van der Waals surface area contributed by atoms with Gasteiger partial charge in [-0.1, -0.05) is 0 Å². The molecule has 15 heavy (non-hydrogen) atoms. The Morgan fingerprint density at radius 3 is 3.33 bits per heavy atom. The van der Waals surface area contributed by atoms with Crippen LogP contribution < -0.4 is 10.6 Å². The molecule has 82 valence electrons. The van der Waals surface area contributed by atoms with Gasteiger partial charge in [0.1, 0.15) is 5.69 Å². The number of hydrogen-bond acceptors (Lipinski definition) is 4. The molecule has 0 radical (unpaired) electrons. The first-order chi connectivity index (χ1) is 7.36. The van der Waals surface area contributed by atoms with Crippen LogP contribution in [0.4, 0.5) is 0 Å². The van der Waals surface area contributed by atoms with E-state index in [2.05, 4.69) is 15.6 Å². The molecule has 1 unspecified atom stereocenters. The van der Waals surface area contributed by atoms with Gasteiger partial charge in [-0.15, -0.1) is 11.3 Å². The van der Waals surface area contributed by atoms with Crippen LogP contribution in [-0.2, 0) is 0 Å². The van der Waals surface area contributed by atoms with E-state index in [1.807, 2.05) is 0 Å². The Labute approximate surface area is 93.1 Å². The van der Waals surface area contributed by atoms with Gasteiger partial charge >= 0.3 is 0 Å². The zero-order chi connectivity index (χ0) is 10.5. The third-order valence-electron chi connectivity index (χ3n) is 2.67. The minimum Gasteiger partial charge on any atom is -0.351 e. The molecule has 2 N–H and O–H groups in total. The zero-order valence-electron chi connectivity index (χ0n) is 8.53. The zero-order valence-corrected chi connectivity index (χ0v) is 9.35. The lowest BCUT2D eigenvalue weighted by atomic mass is 10.1. The monoisotopic (exact) mass is 225 g/mol. The van der Waals surface area contributed by atoms with Gasteiger partial charge < -0.3 is 10.6 Å². The summed E-state index contributed by atoms with van der Waals surface area (Å²) in [6, 6.07) is 0. The lowest BCUT2D eigenvalue weighted by molar-refractivity contribution is 0.0947. The Balaban J connectivity index is 1.67. The van der Waals surface area contributed by atoms with Crippen molar-refractivity contribution in [3.8, 4) is 0 Å². The minimum absolute atomic E-state index is 0.0535. The highest BCUT2D eigenvalue weighted by Gasteiger charge is 2.14. The summed E-state index contributed by atoms with van der Waals surface area (Å²) in [6.07, 6.45) is 2.29. The first-order valence-electron chi connectivity index (χ1n) is 5.23. The number of nitrogens with one attached hydrogen (secondary N) is 2. The third kappa shape index (κ3) is 3.00. The number of nitrogens with zero attached hydrogens (tertiary/aromatic N) is 1. The second-order valence-electron chi connectivity index (χ2n) is 3.78. The van der Waals surface area contributed by atoms with Gasteiger partial charge in [0.15, 0.2) is 0 Å². The average Bonchev–Trinajstić information content (AvgIpc) is 2.90. The molecule has 1 saturated heterocycles. The van der Waals surface area contributed by atoms with Crippen molar-refractivity contribution in [1.29, 1.82) is 0 Å². The highest BCUT2D eigenvalue weighted by molar-refractivity contribution is 7.07. The fourth-order valence-corrected chi connectivity index (χ4v) is 2.30. The van der Waals surface area contributed by atoms with Gasteiger partial charge in [-0.05, 0) is 31.8 Å². The molecule has 1 aliphatic rings. The molecular formula is C10H15N3OS. The fraction of sp³-hybridized carbons (Fsp3) is 0.600. The van der Waals surface area contributed by atoms with Crippen molar-refractivity contribution in [3.05, 3.63) is 16.6 Å². The van der Waals surface area contributed by atoms with Crippen LogP contribution >= 0.6 is 11.3 Å². The number of carbonyl (C=O) groups excluding carboxylic acids is 1. The van der Waals surface area contributed by atoms with Crippen molar-refractivity contribution in [2.24, 2.45) is 5.92 Å². The maximum absolute atomic E-state index is 11.5. The van der Waals surface area contributed by atoms with Crippen molar-refractivity contribution in [2.45, 2.75) is 12.8 Å². The molecular weight excluding hydrogens is 210 g/mol. The van der Waals surface area contributed by atoms with Crippen molar-refractivity contribution in [1.82, 2.24) is 15.6 Å². The Bertz CT molecular complexity index is 306. The summed E-state index contributed by atoms with van der Waals surface area (Å²) < 4.78 is 0. The van der Waals surface area contributed by atoms with E-state index >= 15 is 0 Å². The van der Waals surface area contributed by atoms with Crippen LogP contribution in [0.15, 0.2) is 10.9 Å². The molecule has 1 atom stereocenters. The van der Waals surface area contributed by atoms with Crippen molar-refractivity contribution in [2.75, 3.05) is 19.6 Å². The summed E-state index contributed by atoms with van der Waals surface area (Å²) in [7, 11) is 0. The predicted octanol–water partition coefficient (Wildman–Crippen LogP) is 0.872. The summed E-state index contributed by atoms with van der Waals surface area (Å²) >= 11 is 1.44. The Hall–Kier alpha value is -0.940. The molecule has 1 aromatic rings. The maximum Gasteiger partial charge on any atom is 0.270 e. The molecule has 5 heteroatoms. The van der Waals surface area contributed by atoms with Crippen LogP contribution in [0, 0.1) is 5.92 Å². The number of thiazole rings is 1. The van der Waals surface area contributed by atoms with E-state index in [-0.39, 0.29) is 5.91 Å². The molecule has 1 amide bonds. The van der Waals surface area contributed by atoms with Gasteiger partial charge in [0, 0.05) is 11.9 Å². The number of hydrogen-bond donors (Lipinski definition) is 2. The average molecular weight is 225 g/mol. The van der Waals surface area contributed by atoms with Gasteiger partial charge in [0.25, 0.3) is 5.91 Å². The summed E-state index contributed by atoms with van der Waals surface area (Å²) in [5.41, 5.74) is 2.21. The fourth-order valence-electron chi connectivity index (χ4n) is 1.77. The number of carbonyl (C=O) groups is 1. The number of amides is 1. The van der Waals surface area contributed by atoms with Gasteiger partial charge in [-0.25, -0.2) is 4.98 Å². The van der Waals surface area contributed by atoms with Gasteiger partial charge in [-0.2, -0.15) is 0 Å². The molecule has 1 aromatic heterocycles. The van der Waals surface area contributed by atoms with E-state index in [9.17, 15) is 4.79 Å². The number of rotatable bonds is 4. The van der Waals surface area contributed by atoms with Gasteiger partial charge in [-0.3, -0.25) is 4.79 Å². The van der Waals surface area contributed by atoms with Crippen LogP contribution in [0.5, 0.6) is 0 Å². The van der Waals surface area contributed by atoms with E-state index in [1.165, 1.54) is 17.8 Å². The molecule has 2 rings (SSSR count). The first kappa shape index (κ1) is 10.6. The van der Waals surface area contributed by atoms with Crippen LogP contribution in [0.3, 0.4) is 0 Å². The maximum atomic E-state index is 11.5. The number of aromatic nitrogens is 1. The first-order valence-corrected chi connectivity index (χ1v) is 6.17. The van der Waals surface area contributed by atoms with E-state index in [1.54, 1.807) is 10.9 Å².